The lowest BCUT2D eigenvalue weighted by molar-refractivity contribution is 0.210. The van der Waals surface area contributed by atoms with Gasteiger partial charge in [-0.2, -0.15) is 10.2 Å². The summed E-state index contributed by atoms with van der Waals surface area (Å²) in [5.41, 5.74) is 5.12. The maximum absolute atomic E-state index is 4.31. The maximum atomic E-state index is 4.31. The first-order valence-electron chi connectivity index (χ1n) is 6.97. The minimum atomic E-state index is 0.587. The molecule has 2 bridgehead atoms. The molecule has 0 spiro atoms. The van der Waals surface area contributed by atoms with Crippen LogP contribution >= 0.6 is 0 Å². The van der Waals surface area contributed by atoms with Gasteiger partial charge in [-0.3, -0.25) is 4.90 Å². The Morgan fingerprint density at radius 3 is 2.26 bits per heavy atom. The van der Waals surface area contributed by atoms with Crippen molar-refractivity contribution >= 4 is 0 Å². The highest BCUT2D eigenvalue weighted by molar-refractivity contribution is 5.40. The molecule has 1 aromatic carbocycles. The van der Waals surface area contributed by atoms with Gasteiger partial charge in [-0.25, -0.2) is 0 Å². The molecule has 0 aliphatic carbocycles. The van der Waals surface area contributed by atoms with Gasteiger partial charge in [-0.05, 0) is 43.0 Å². The molecular formula is C16H17N3. The van der Waals surface area contributed by atoms with Gasteiger partial charge in [-0.1, -0.05) is 24.3 Å². The molecule has 3 nitrogen and oxygen atoms in total. The van der Waals surface area contributed by atoms with Gasteiger partial charge < -0.3 is 0 Å². The van der Waals surface area contributed by atoms with E-state index in [2.05, 4.69) is 45.4 Å². The van der Waals surface area contributed by atoms with Crippen molar-refractivity contribution in [3.05, 3.63) is 58.9 Å². The Hall–Kier alpha value is -1.74. The van der Waals surface area contributed by atoms with E-state index in [0.717, 1.165) is 17.9 Å². The lowest BCUT2D eigenvalue weighted by Crippen LogP contribution is -2.20. The molecule has 3 heteroatoms. The Morgan fingerprint density at radius 1 is 1.00 bits per heavy atom. The molecule has 2 aliphatic heterocycles. The fraction of sp³-hybridized carbons (Fsp3) is 0.375. The molecule has 0 amide bonds. The maximum Gasteiger partial charge on any atom is 0.0771 e. The van der Waals surface area contributed by atoms with Gasteiger partial charge >= 0.3 is 0 Å². The van der Waals surface area contributed by atoms with Gasteiger partial charge in [0.15, 0.2) is 0 Å². The van der Waals surface area contributed by atoms with Crippen molar-refractivity contribution in [1.29, 1.82) is 0 Å². The molecule has 1 aromatic heterocycles. The van der Waals surface area contributed by atoms with E-state index in [9.17, 15) is 0 Å². The van der Waals surface area contributed by atoms with Crippen LogP contribution in [0.3, 0.4) is 0 Å². The van der Waals surface area contributed by atoms with Crippen LogP contribution in [0, 0.1) is 6.92 Å². The van der Waals surface area contributed by atoms with E-state index in [1.54, 1.807) is 0 Å². The molecule has 2 aliphatic rings. The van der Waals surface area contributed by atoms with Gasteiger partial charge in [0, 0.05) is 18.6 Å². The first kappa shape index (κ1) is 11.1. The normalized spacial score (nSPS) is 24.7. The summed E-state index contributed by atoms with van der Waals surface area (Å²) in [7, 11) is 0. The topological polar surface area (TPSA) is 29.0 Å². The van der Waals surface area contributed by atoms with Gasteiger partial charge in [0.2, 0.25) is 0 Å². The number of hydrogen-bond acceptors (Lipinski definition) is 3. The Labute approximate surface area is 113 Å². The van der Waals surface area contributed by atoms with E-state index in [1.165, 1.54) is 24.0 Å². The zero-order valence-electron chi connectivity index (χ0n) is 11.1. The Morgan fingerprint density at radius 2 is 1.68 bits per heavy atom. The zero-order chi connectivity index (χ0) is 12.8. The van der Waals surface area contributed by atoms with Crippen LogP contribution < -0.4 is 0 Å². The molecule has 96 valence electrons. The highest BCUT2D eigenvalue weighted by atomic mass is 15.2. The number of hydrogen-bond donors (Lipinski definition) is 0. The molecule has 0 saturated carbocycles. The third-order valence-electron chi connectivity index (χ3n) is 4.43. The lowest BCUT2D eigenvalue weighted by atomic mass is 9.92. The Balaban J connectivity index is 1.63. The van der Waals surface area contributed by atoms with Crippen LogP contribution in [0.2, 0.25) is 0 Å². The molecule has 1 saturated heterocycles. The van der Waals surface area contributed by atoms with Crippen molar-refractivity contribution in [2.45, 2.75) is 38.4 Å². The van der Waals surface area contributed by atoms with Gasteiger partial charge in [0.05, 0.1) is 11.4 Å². The first-order valence-corrected chi connectivity index (χ1v) is 6.97. The van der Waals surface area contributed by atoms with E-state index >= 15 is 0 Å². The van der Waals surface area contributed by atoms with Crippen LogP contribution in [0.15, 0.2) is 36.4 Å². The van der Waals surface area contributed by atoms with E-state index in [-0.39, 0.29) is 0 Å². The molecular weight excluding hydrogens is 234 g/mol. The number of aryl methyl sites for hydroxylation is 1. The average Bonchev–Trinajstić information content (AvgIpc) is 2.98. The molecule has 19 heavy (non-hydrogen) atoms. The van der Waals surface area contributed by atoms with Crippen LogP contribution in [0.4, 0.5) is 0 Å². The number of nitrogens with zero attached hydrogens (tertiary/aromatic N) is 3. The van der Waals surface area contributed by atoms with Crippen molar-refractivity contribution in [3.63, 3.8) is 0 Å². The van der Waals surface area contributed by atoms with Gasteiger partial charge in [-0.15, -0.1) is 0 Å². The molecule has 3 heterocycles. The second-order valence-electron chi connectivity index (χ2n) is 5.58. The Bertz CT molecular complexity index is 575. The van der Waals surface area contributed by atoms with Crippen molar-refractivity contribution in [2.75, 3.05) is 0 Å². The Kier molecular flexibility index (Phi) is 2.42. The van der Waals surface area contributed by atoms with E-state index in [0.29, 0.717) is 12.1 Å². The van der Waals surface area contributed by atoms with Crippen LogP contribution in [-0.4, -0.2) is 15.1 Å². The second kappa shape index (κ2) is 4.14. The second-order valence-corrected chi connectivity index (χ2v) is 5.58. The fourth-order valence-corrected chi connectivity index (χ4v) is 3.57. The summed E-state index contributed by atoms with van der Waals surface area (Å²) in [6, 6.07) is 14.2. The van der Waals surface area contributed by atoms with Crippen molar-refractivity contribution in [2.24, 2.45) is 0 Å². The molecule has 2 atom stereocenters. The minimum absolute atomic E-state index is 0.587. The van der Waals surface area contributed by atoms with Crippen LogP contribution in [0.25, 0.3) is 0 Å². The first-order chi connectivity index (χ1) is 9.33. The van der Waals surface area contributed by atoms with Crippen LogP contribution in [0.1, 0.15) is 47.4 Å². The van der Waals surface area contributed by atoms with E-state index < -0.39 is 0 Å². The quantitative estimate of drug-likeness (QED) is 0.821. The number of fused-ring (bicyclic) bond motifs is 5. The number of benzene rings is 1. The summed E-state index contributed by atoms with van der Waals surface area (Å²) >= 11 is 0. The smallest absolute Gasteiger partial charge is 0.0771 e. The third kappa shape index (κ3) is 1.69. The number of rotatable bonds is 2. The largest absolute Gasteiger partial charge is 0.283 e. The van der Waals surface area contributed by atoms with Crippen molar-refractivity contribution in [3.8, 4) is 0 Å². The summed E-state index contributed by atoms with van der Waals surface area (Å²) in [5.74, 6) is 0. The van der Waals surface area contributed by atoms with Gasteiger partial charge in [0.25, 0.3) is 0 Å². The van der Waals surface area contributed by atoms with Crippen molar-refractivity contribution < 1.29 is 0 Å². The minimum Gasteiger partial charge on any atom is -0.283 e. The standard InChI is InChI=1S/C16H17N3/c1-11-6-7-12(18-17-11)10-19-15-8-9-16(19)14-5-3-2-4-13(14)15/h2-7,15-16H,8-10H2,1H3. The monoisotopic (exact) mass is 251 g/mol. The highest BCUT2D eigenvalue weighted by Crippen LogP contribution is 2.53. The van der Waals surface area contributed by atoms with E-state index in [4.69, 9.17) is 0 Å². The molecule has 2 unspecified atom stereocenters. The predicted molar refractivity (Wildman–Crippen MR) is 73.5 cm³/mol. The summed E-state index contributed by atoms with van der Waals surface area (Å²) in [5, 5.41) is 8.47. The van der Waals surface area contributed by atoms with Crippen molar-refractivity contribution in [1.82, 2.24) is 15.1 Å². The van der Waals surface area contributed by atoms with Crippen LogP contribution in [0.5, 0.6) is 0 Å². The third-order valence-corrected chi connectivity index (χ3v) is 4.43. The summed E-state index contributed by atoms with van der Waals surface area (Å²) in [6.45, 7) is 2.89. The molecule has 4 rings (SSSR count). The molecule has 2 aromatic rings. The number of aromatic nitrogens is 2. The van der Waals surface area contributed by atoms with Crippen LogP contribution in [-0.2, 0) is 6.54 Å². The molecule has 0 radical (unpaired) electrons. The SMILES string of the molecule is Cc1ccc(CN2C3CCC2c2ccccc23)nn1. The van der Waals surface area contributed by atoms with E-state index in [1.807, 2.05) is 13.0 Å². The highest BCUT2D eigenvalue weighted by Gasteiger charge is 2.43. The summed E-state index contributed by atoms with van der Waals surface area (Å²) in [6.07, 6.45) is 2.56. The summed E-state index contributed by atoms with van der Waals surface area (Å²) < 4.78 is 0. The van der Waals surface area contributed by atoms with Gasteiger partial charge in [0.1, 0.15) is 0 Å². The zero-order valence-corrected chi connectivity index (χ0v) is 11.1. The lowest BCUT2D eigenvalue weighted by Gasteiger charge is -2.21. The fourth-order valence-electron chi connectivity index (χ4n) is 3.57. The summed E-state index contributed by atoms with van der Waals surface area (Å²) in [4.78, 5) is 2.59. The molecule has 0 N–H and O–H groups in total. The predicted octanol–water partition coefficient (Wildman–Crippen LogP) is 3.18. The molecule has 1 fully saturated rings. The average molecular weight is 251 g/mol.